The second-order valence-corrected chi connectivity index (χ2v) is 5.21. The smallest absolute Gasteiger partial charge is 0.115 e. The van der Waals surface area contributed by atoms with Gasteiger partial charge in [0, 0.05) is 12.5 Å². The first-order chi connectivity index (χ1) is 10.6. The predicted octanol–water partition coefficient (Wildman–Crippen LogP) is 2.84. The Bertz CT molecular complexity index is 602. The van der Waals surface area contributed by atoms with Gasteiger partial charge in [0.05, 0.1) is 6.10 Å². The highest BCUT2D eigenvalue weighted by atomic mass is 16.3. The van der Waals surface area contributed by atoms with Crippen molar-refractivity contribution in [3.8, 4) is 11.5 Å². The molecule has 4 nitrogen and oxygen atoms in total. The third-order valence-electron chi connectivity index (χ3n) is 3.56. The third-order valence-corrected chi connectivity index (χ3v) is 3.56. The van der Waals surface area contributed by atoms with Gasteiger partial charge in [-0.25, -0.2) is 0 Å². The van der Waals surface area contributed by atoms with Gasteiger partial charge in [0.15, 0.2) is 0 Å². The normalized spacial score (nSPS) is 14.1. The molecule has 2 rings (SSSR count). The minimum Gasteiger partial charge on any atom is -0.508 e. The molecule has 0 saturated carbocycles. The Morgan fingerprint density at radius 1 is 0.864 bits per heavy atom. The Morgan fingerprint density at radius 2 is 1.41 bits per heavy atom. The molecule has 0 radical (unpaired) electrons. The first-order valence-corrected chi connectivity index (χ1v) is 7.13. The van der Waals surface area contributed by atoms with Gasteiger partial charge < -0.3 is 20.4 Å². The maximum atomic E-state index is 10.3. The van der Waals surface area contributed by atoms with Crippen LogP contribution < -0.4 is 0 Å². The van der Waals surface area contributed by atoms with E-state index in [-0.39, 0.29) is 24.0 Å². The first-order valence-electron chi connectivity index (χ1n) is 7.13. The van der Waals surface area contributed by atoms with Gasteiger partial charge in [-0.05, 0) is 41.8 Å². The lowest BCUT2D eigenvalue weighted by molar-refractivity contribution is 0.0684. The molecule has 0 aliphatic heterocycles. The Morgan fingerprint density at radius 3 is 1.95 bits per heavy atom. The Balaban J connectivity index is 1.99. The van der Waals surface area contributed by atoms with Crippen molar-refractivity contribution in [1.82, 2.24) is 0 Å². The number of aliphatic hydroxyl groups excluding tert-OH is 2. The molecule has 0 unspecified atom stereocenters. The molecule has 0 spiro atoms. The molecule has 0 heterocycles. The van der Waals surface area contributed by atoms with E-state index in [1.54, 1.807) is 36.4 Å². The van der Waals surface area contributed by atoms with Crippen molar-refractivity contribution in [3.05, 3.63) is 65.7 Å². The topological polar surface area (TPSA) is 80.9 Å². The molecule has 0 amide bonds. The molecule has 4 heteroatoms. The first kappa shape index (κ1) is 16.1. The molecule has 0 aliphatic rings. The van der Waals surface area contributed by atoms with Gasteiger partial charge in [-0.1, -0.05) is 36.4 Å². The summed E-state index contributed by atoms with van der Waals surface area (Å²) in [6.45, 7) is -0.137. The maximum Gasteiger partial charge on any atom is 0.115 e. The monoisotopic (exact) mass is 300 g/mol. The van der Waals surface area contributed by atoms with Crippen molar-refractivity contribution in [3.63, 3.8) is 0 Å². The Kier molecular flexibility index (Phi) is 5.58. The molecule has 4 N–H and O–H groups in total. The summed E-state index contributed by atoms with van der Waals surface area (Å²) in [5.41, 5.74) is 1.60. The van der Waals surface area contributed by atoms with Gasteiger partial charge in [-0.2, -0.15) is 0 Å². The van der Waals surface area contributed by atoms with Crippen LogP contribution in [0.2, 0.25) is 0 Å². The lowest BCUT2D eigenvalue weighted by atomic mass is 9.93. The lowest BCUT2D eigenvalue weighted by Gasteiger charge is -2.20. The maximum absolute atomic E-state index is 10.3. The minimum absolute atomic E-state index is 0.137. The highest BCUT2D eigenvalue weighted by molar-refractivity contribution is 5.50. The van der Waals surface area contributed by atoms with Crippen LogP contribution in [0.3, 0.4) is 0 Å². The van der Waals surface area contributed by atoms with Gasteiger partial charge in [-0.3, -0.25) is 0 Å². The van der Waals surface area contributed by atoms with Crippen LogP contribution in [0.5, 0.6) is 11.5 Å². The van der Waals surface area contributed by atoms with E-state index in [1.807, 2.05) is 12.2 Å². The van der Waals surface area contributed by atoms with E-state index in [0.29, 0.717) is 12.0 Å². The van der Waals surface area contributed by atoms with Crippen LogP contribution in [-0.4, -0.2) is 27.0 Å². The van der Waals surface area contributed by atoms with Gasteiger partial charge in [-0.15, -0.1) is 0 Å². The number of phenolic OH excluding ortho intramolecular Hbond substituents is 2. The molecule has 0 aromatic heterocycles. The van der Waals surface area contributed by atoms with Crippen molar-refractivity contribution >= 4 is 6.08 Å². The van der Waals surface area contributed by atoms with E-state index in [4.69, 9.17) is 0 Å². The van der Waals surface area contributed by atoms with Gasteiger partial charge in [0.1, 0.15) is 11.5 Å². The lowest BCUT2D eigenvalue weighted by Crippen LogP contribution is -2.15. The molecule has 2 aromatic carbocycles. The highest BCUT2D eigenvalue weighted by Gasteiger charge is 2.18. The standard InChI is InChI=1S/C18H20O4/c19-12-15(18(22)14-6-10-17(21)11-7-14)3-1-2-13-4-8-16(20)9-5-13/h1-2,4-11,15,18-22H,3,12H2/t15-,18-/m0/s1. The summed E-state index contributed by atoms with van der Waals surface area (Å²) in [4.78, 5) is 0. The molecule has 116 valence electrons. The number of hydrogen-bond acceptors (Lipinski definition) is 4. The average molecular weight is 300 g/mol. The van der Waals surface area contributed by atoms with Crippen LogP contribution in [0.4, 0.5) is 0 Å². The largest absolute Gasteiger partial charge is 0.508 e. The number of phenols is 2. The van der Waals surface area contributed by atoms with E-state index in [1.165, 1.54) is 12.1 Å². The zero-order valence-corrected chi connectivity index (χ0v) is 12.1. The number of hydrogen-bond donors (Lipinski definition) is 4. The number of rotatable bonds is 6. The Hall–Kier alpha value is -2.30. The van der Waals surface area contributed by atoms with Crippen molar-refractivity contribution in [2.45, 2.75) is 12.5 Å². The summed E-state index contributed by atoms with van der Waals surface area (Å²) in [5.74, 6) is 0.0368. The van der Waals surface area contributed by atoms with E-state index in [9.17, 15) is 20.4 Å². The number of allylic oxidation sites excluding steroid dienone is 1. The molecular weight excluding hydrogens is 280 g/mol. The summed E-state index contributed by atoms with van der Waals surface area (Å²) >= 11 is 0. The van der Waals surface area contributed by atoms with E-state index in [0.717, 1.165) is 5.56 Å². The van der Waals surface area contributed by atoms with Crippen LogP contribution >= 0.6 is 0 Å². The van der Waals surface area contributed by atoms with Gasteiger partial charge in [0.25, 0.3) is 0 Å². The number of aromatic hydroxyl groups is 2. The van der Waals surface area contributed by atoms with E-state index < -0.39 is 6.10 Å². The summed E-state index contributed by atoms with van der Waals surface area (Å²) in [6, 6.07) is 13.1. The zero-order valence-electron chi connectivity index (χ0n) is 12.1. The third kappa shape index (κ3) is 4.35. The molecule has 0 fully saturated rings. The second-order valence-electron chi connectivity index (χ2n) is 5.21. The molecular formula is C18H20O4. The quantitative estimate of drug-likeness (QED) is 0.661. The number of benzene rings is 2. The van der Waals surface area contributed by atoms with Gasteiger partial charge >= 0.3 is 0 Å². The van der Waals surface area contributed by atoms with Crippen LogP contribution in [0.15, 0.2) is 54.6 Å². The summed E-state index contributed by atoms with van der Waals surface area (Å²) < 4.78 is 0. The van der Waals surface area contributed by atoms with Gasteiger partial charge in [0.2, 0.25) is 0 Å². The molecule has 0 saturated heterocycles. The number of aliphatic hydroxyl groups is 2. The molecule has 22 heavy (non-hydrogen) atoms. The van der Waals surface area contributed by atoms with Crippen molar-refractivity contribution in [2.24, 2.45) is 5.92 Å². The van der Waals surface area contributed by atoms with Crippen LogP contribution in [0.1, 0.15) is 23.7 Å². The summed E-state index contributed by atoms with van der Waals surface area (Å²) in [7, 11) is 0. The summed E-state index contributed by atoms with van der Waals surface area (Å²) in [6.07, 6.45) is 3.48. The van der Waals surface area contributed by atoms with E-state index in [2.05, 4.69) is 0 Å². The second kappa shape index (κ2) is 7.64. The molecule has 0 bridgehead atoms. The van der Waals surface area contributed by atoms with E-state index >= 15 is 0 Å². The zero-order chi connectivity index (χ0) is 15.9. The molecule has 2 atom stereocenters. The van der Waals surface area contributed by atoms with Crippen molar-refractivity contribution < 1.29 is 20.4 Å². The predicted molar refractivity (Wildman–Crippen MR) is 85.4 cm³/mol. The van der Waals surface area contributed by atoms with Crippen LogP contribution in [0.25, 0.3) is 6.08 Å². The summed E-state index contributed by atoms with van der Waals surface area (Å²) in [5, 5.41) is 38.2. The SMILES string of the molecule is OC[C@H](CC=Cc1ccc(O)cc1)[C@@H](O)c1ccc(O)cc1. The fourth-order valence-electron chi connectivity index (χ4n) is 2.21. The minimum atomic E-state index is -0.796. The van der Waals surface area contributed by atoms with Crippen LogP contribution in [-0.2, 0) is 0 Å². The van der Waals surface area contributed by atoms with Crippen molar-refractivity contribution in [1.29, 1.82) is 0 Å². The van der Waals surface area contributed by atoms with Crippen molar-refractivity contribution in [2.75, 3.05) is 6.61 Å². The fourth-order valence-corrected chi connectivity index (χ4v) is 2.21. The fraction of sp³-hybridized carbons (Fsp3) is 0.222. The average Bonchev–Trinajstić information content (AvgIpc) is 2.53. The van der Waals surface area contributed by atoms with Crippen LogP contribution in [0, 0.1) is 5.92 Å². The Labute approximate surface area is 129 Å². The highest BCUT2D eigenvalue weighted by Crippen LogP contribution is 2.26. The molecule has 2 aromatic rings. The molecule has 0 aliphatic carbocycles.